The van der Waals surface area contributed by atoms with E-state index in [0.29, 0.717) is 10.6 Å². The minimum atomic E-state index is -3.82. The lowest BCUT2D eigenvalue weighted by molar-refractivity contribution is -0.120. The standard InChI is InChI=1S/C15H19ClN2O5S/c1-3-18(11-14(19)17-15(20)23-4-2)24(21,22)10-9-12-5-7-13(16)8-6-12/h5-10H,3-4,11H2,1-2H3,(H,17,19,20)/b10-9+. The molecule has 0 aliphatic heterocycles. The Kier molecular flexibility index (Phi) is 7.90. The molecule has 0 spiro atoms. The van der Waals surface area contributed by atoms with E-state index in [4.69, 9.17) is 11.6 Å². The summed E-state index contributed by atoms with van der Waals surface area (Å²) in [6.45, 7) is 2.88. The van der Waals surface area contributed by atoms with Crippen LogP contribution < -0.4 is 5.32 Å². The van der Waals surface area contributed by atoms with Crippen molar-refractivity contribution in [2.24, 2.45) is 0 Å². The predicted octanol–water partition coefficient (Wildman–Crippen LogP) is 2.24. The lowest BCUT2D eigenvalue weighted by Crippen LogP contribution is -2.42. The molecule has 2 amide bonds. The lowest BCUT2D eigenvalue weighted by Gasteiger charge is -2.17. The largest absolute Gasteiger partial charge is 0.450 e. The SMILES string of the molecule is CCOC(=O)NC(=O)CN(CC)S(=O)(=O)/C=C/c1ccc(Cl)cc1. The fourth-order valence-electron chi connectivity index (χ4n) is 1.69. The number of benzene rings is 1. The smallest absolute Gasteiger partial charge is 0.413 e. The van der Waals surface area contributed by atoms with Crippen LogP contribution in [-0.4, -0.2) is 44.4 Å². The van der Waals surface area contributed by atoms with Crippen LogP contribution in [0.15, 0.2) is 29.7 Å². The molecule has 132 valence electrons. The summed E-state index contributed by atoms with van der Waals surface area (Å²) in [4.78, 5) is 22.9. The highest BCUT2D eigenvalue weighted by atomic mass is 35.5. The molecule has 0 fully saturated rings. The predicted molar refractivity (Wildman–Crippen MR) is 91.8 cm³/mol. The van der Waals surface area contributed by atoms with Crippen molar-refractivity contribution < 1.29 is 22.7 Å². The first-order valence-corrected chi connectivity index (χ1v) is 9.07. The van der Waals surface area contributed by atoms with E-state index in [-0.39, 0.29) is 13.2 Å². The van der Waals surface area contributed by atoms with E-state index in [1.54, 1.807) is 38.1 Å². The maximum atomic E-state index is 12.3. The van der Waals surface area contributed by atoms with Gasteiger partial charge in [0.25, 0.3) is 0 Å². The maximum absolute atomic E-state index is 12.3. The Labute approximate surface area is 146 Å². The average Bonchev–Trinajstić information content (AvgIpc) is 2.52. The van der Waals surface area contributed by atoms with Gasteiger partial charge in [-0.3, -0.25) is 10.1 Å². The van der Waals surface area contributed by atoms with Gasteiger partial charge in [0.05, 0.1) is 13.2 Å². The Bertz CT molecular complexity index is 701. The third kappa shape index (κ3) is 6.69. The quantitative estimate of drug-likeness (QED) is 0.790. The van der Waals surface area contributed by atoms with E-state index in [9.17, 15) is 18.0 Å². The van der Waals surface area contributed by atoms with Gasteiger partial charge in [-0.15, -0.1) is 0 Å². The zero-order valence-electron chi connectivity index (χ0n) is 13.4. The molecule has 1 aromatic rings. The van der Waals surface area contributed by atoms with Crippen LogP contribution >= 0.6 is 11.6 Å². The number of amides is 2. The van der Waals surface area contributed by atoms with Crippen molar-refractivity contribution in [3.8, 4) is 0 Å². The lowest BCUT2D eigenvalue weighted by atomic mass is 10.2. The van der Waals surface area contributed by atoms with E-state index in [1.807, 2.05) is 5.32 Å². The highest BCUT2D eigenvalue weighted by Gasteiger charge is 2.21. The van der Waals surface area contributed by atoms with Crippen LogP contribution in [0.2, 0.25) is 5.02 Å². The van der Waals surface area contributed by atoms with E-state index in [1.165, 1.54) is 6.08 Å². The van der Waals surface area contributed by atoms with Gasteiger partial charge in [-0.05, 0) is 30.7 Å². The van der Waals surface area contributed by atoms with Gasteiger partial charge in [0.15, 0.2) is 0 Å². The summed E-state index contributed by atoms with van der Waals surface area (Å²) in [5, 5.41) is 3.49. The molecular formula is C15H19ClN2O5S. The minimum absolute atomic E-state index is 0.0730. The van der Waals surface area contributed by atoms with Crippen molar-refractivity contribution in [1.82, 2.24) is 9.62 Å². The molecule has 0 heterocycles. The number of nitrogens with one attached hydrogen (secondary N) is 1. The number of rotatable bonds is 7. The summed E-state index contributed by atoms with van der Waals surface area (Å²) in [5.74, 6) is -0.765. The van der Waals surface area contributed by atoms with Gasteiger partial charge in [-0.25, -0.2) is 13.2 Å². The topological polar surface area (TPSA) is 92.8 Å². The molecule has 24 heavy (non-hydrogen) atoms. The summed E-state index contributed by atoms with van der Waals surface area (Å²) in [5.41, 5.74) is 0.648. The molecule has 0 bridgehead atoms. The molecule has 0 aliphatic rings. The van der Waals surface area contributed by atoms with Crippen LogP contribution in [0.25, 0.3) is 6.08 Å². The highest BCUT2D eigenvalue weighted by Crippen LogP contribution is 2.12. The molecule has 9 heteroatoms. The van der Waals surface area contributed by atoms with E-state index in [2.05, 4.69) is 4.74 Å². The molecule has 0 saturated heterocycles. The molecule has 1 N–H and O–H groups in total. The molecular weight excluding hydrogens is 356 g/mol. The second kappa shape index (κ2) is 9.41. The number of likely N-dealkylation sites (N-methyl/N-ethyl adjacent to an activating group) is 1. The number of carbonyl (C=O) groups is 2. The fraction of sp³-hybridized carbons (Fsp3) is 0.333. The number of alkyl carbamates (subject to hydrolysis) is 1. The van der Waals surface area contributed by atoms with Crippen molar-refractivity contribution in [3.63, 3.8) is 0 Å². The average molecular weight is 375 g/mol. The zero-order chi connectivity index (χ0) is 18.2. The second-order valence-corrected chi connectivity index (χ2v) is 6.85. The number of imide groups is 1. The molecule has 7 nitrogen and oxygen atoms in total. The van der Waals surface area contributed by atoms with Gasteiger partial charge in [-0.2, -0.15) is 4.31 Å². The summed E-state index contributed by atoms with van der Waals surface area (Å²) in [7, 11) is -3.82. The van der Waals surface area contributed by atoms with Gasteiger partial charge >= 0.3 is 6.09 Å². The van der Waals surface area contributed by atoms with Crippen LogP contribution in [0, 0.1) is 0 Å². The molecule has 0 unspecified atom stereocenters. The van der Waals surface area contributed by atoms with Crippen LogP contribution in [0.3, 0.4) is 0 Å². The van der Waals surface area contributed by atoms with Crippen molar-refractivity contribution in [1.29, 1.82) is 0 Å². The molecule has 0 radical (unpaired) electrons. The Morgan fingerprint density at radius 2 is 1.88 bits per heavy atom. The van der Waals surface area contributed by atoms with Crippen LogP contribution in [0.5, 0.6) is 0 Å². The minimum Gasteiger partial charge on any atom is -0.450 e. The number of carbonyl (C=O) groups excluding carboxylic acids is 2. The summed E-state index contributed by atoms with van der Waals surface area (Å²) < 4.78 is 30.0. The number of nitrogens with zero attached hydrogens (tertiary/aromatic N) is 1. The third-order valence-corrected chi connectivity index (χ3v) is 4.69. The highest BCUT2D eigenvalue weighted by molar-refractivity contribution is 7.92. The van der Waals surface area contributed by atoms with Crippen LogP contribution in [0.1, 0.15) is 19.4 Å². The van der Waals surface area contributed by atoms with Gasteiger partial charge in [0, 0.05) is 17.0 Å². The first kappa shape index (κ1) is 20.1. The fourth-order valence-corrected chi connectivity index (χ4v) is 2.97. The van der Waals surface area contributed by atoms with E-state index < -0.39 is 28.6 Å². The van der Waals surface area contributed by atoms with Gasteiger partial charge < -0.3 is 4.74 Å². The van der Waals surface area contributed by atoms with Gasteiger partial charge in [-0.1, -0.05) is 30.7 Å². The molecule has 0 saturated carbocycles. The molecule has 0 aromatic heterocycles. The first-order chi connectivity index (χ1) is 11.3. The van der Waals surface area contributed by atoms with Gasteiger partial charge in [0.2, 0.25) is 15.9 Å². The Morgan fingerprint density at radius 3 is 2.42 bits per heavy atom. The van der Waals surface area contributed by atoms with Crippen molar-refractivity contribution in [2.75, 3.05) is 19.7 Å². The summed E-state index contributed by atoms with van der Waals surface area (Å²) in [6, 6.07) is 6.60. The number of hydrogen-bond acceptors (Lipinski definition) is 5. The van der Waals surface area contributed by atoms with E-state index >= 15 is 0 Å². The Morgan fingerprint density at radius 1 is 1.25 bits per heavy atom. The molecule has 1 rings (SSSR count). The number of halogens is 1. The Balaban J connectivity index is 2.76. The van der Waals surface area contributed by atoms with E-state index in [0.717, 1.165) is 9.71 Å². The first-order valence-electron chi connectivity index (χ1n) is 7.19. The number of ether oxygens (including phenoxy) is 1. The second-order valence-electron chi connectivity index (χ2n) is 4.59. The monoisotopic (exact) mass is 374 g/mol. The maximum Gasteiger partial charge on any atom is 0.413 e. The van der Waals surface area contributed by atoms with Crippen molar-refractivity contribution in [2.45, 2.75) is 13.8 Å². The zero-order valence-corrected chi connectivity index (χ0v) is 14.9. The molecule has 0 atom stereocenters. The van der Waals surface area contributed by atoms with Crippen molar-refractivity contribution in [3.05, 3.63) is 40.3 Å². The third-order valence-electron chi connectivity index (χ3n) is 2.85. The molecule has 1 aromatic carbocycles. The van der Waals surface area contributed by atoms with Gasteiger partial charge in [0.1, 0.15) is 0 Å². The normalized spacial score (nSPS) is 11.7. The Hall–Kier alpha value is -1.90. The summed E-state index contributed by atoms with van der Waals surface area (Å²) in [6.07, 6.45) is 0.491. The number of hydrogen-bond donors (Lipinski definition) is 1. The number of sulfonamides is 1. The summed E-state index contributed by atoms with van der Waals surface area (Å²) >= 11 is 5.76. The van der Waals surface area contributed by atoms with Crippen LogP contribution in [-0.2, 0) is 19.6 Å². The van der Waals surface area contributed by atoms with Crippen molar-refractivity contribution >= 4 is 39.7 Å². The van der Waals surface area contributed by atoms with Crippen LogP contribution in [0.4, 0.5) is 4.79 Å². The molecule has 0 aliphatic carbocycles.